The molecule has 3 rings (SSSR count). The van der Waals surface area contributed by atoms with Gasteiger partial charge >= 0.3 is 0 Å². The van der Waals surface area contributed by atoms with Crippen molar-refractivity contribution in [2.45, 2.75) is 32.9 Å². The highest BCUT2D eigenvalue weighted by Crippen LogP contribution is 2.17. The standard InChI is InChI=1S/C21H26N4O.HI/c1-16(2)26-19-10-8-18(9-11-19)24-21(22)23-13-5-14-25-15-12-17-6-3-4-7-20(17)25;/h3-4,6-12,15-16H,5,13-14H2,1-2H3,(H3,22,23,24);1H. The molecule has 1 aromatic heterocycles. The highest BCUT2D eigenvalue weighted by molar-refractivity contribution is 14.0. The van der Waals surface area contributed by atoms with Crippen molar-refractivity contribution in [3.63, 3.8) is 0 Å². The summed E-state index contributed by atoms with van der Waals surface area (Å²) in [5, 5.41) is 4.38. The largest absolute Gasteiger partial charge is 0.491 e. The van der Waals surface area contributed by atoms with E-state index in [4.69, 9.17) is 10.5 Å². The van der Waals surface area contributed by atoms with Gasteiger partial charge in [0.25, 0.3) is 0 Å². The lowest BCUT2D eigenvalue weighted by atomic mass is 10.2. The molecule has 0 unspecified atom stereocenters. The normalized spacial score (nSPS) is 11.4. The van der Waals surface area contributed by atoms with Crippen molar-refractivity contribution in [2.24, 2.45) is 10.7 Å². The number of hydrogen-bond acceptors (Lipinski definition) is 2. The third kappa shape index (κ3) is 6.16. The lowest BCUT2D eigenvalue weighted by Gasteiger charge is -2.11. The van der Waals surface area contributed by atoms with E-state index in [1.165, 1.54) is 10.9 Å². The summed E-state index contributed by atoms with van der Waals surface area (Å²) in [5.74, 6) is 1.28. The van der Waals surface area contributed by atoms with Crippen LogP contribution in [0, 0.1) is 0 Å². The van der Waals surface area contributed by atoms with E-state index in [-0.39, 0.29) is 30.1 Å². The third-order valence-electron chi connectivity index (χ3n) is 4.02. The molecule has 0 bridgehead atoms. The van der Waals surface area contributed by atoms with E-state index in [0.717, 1.165) is 24.4 Å². The number of guanidine groups is 1. The molecule has 0 saturated carbocycles. The molecule has 1 heterocycles. The van der Waals surface area contributed by atoms with Gasteiger partial charge in [-0.3, -0.25) is 4.99 Å². The Labute approximate surface area is 177 Å². The Morgan fingerprint density at radius 2 is 1.85 bits per heavy atom. The lowest BCUT2D eigenvalue weighted by Crippen LogP contribution is -2.23. The first-order chi connectivity index (χ1) is 12.6. The second-order valence-corrected chi connectivity index (χ2v) is 6.50. The van der Waals surface area contributed by atoms with Crippen LogP contribution in [0.4, 0.5) is 5.69 Å². The zero-order valence-electron chi connectivity index (χ0n) is 15.8. The lowest BCUT2D eigenvalue weighted by molar-refractivity contribution is 0.242. The molecular formula is C21H27IN4O. The molecule has 0 aliphatic carbocycles. The Bertz CT molecular complexity index is 871. The van der Waals surface area contributed by atoms with Crippen LogP contribution < -0.4 is 15.8 Å². The molecule has 0 aliphatic rings. The molecule has 5 nitrogen and oxygen atoms in total. The number of hydrogen-bond donors (Lipinski definition) is 2. The summed E-state index contributed by atoms with van der Waals surface area (Å²) in [6.45, 7) is 5.62. The number of ether oxygens (including phenoxy) is 1. The molecule has 0 aliphatic heterocycles. The van der Waals surface area contributed by atoms with Crippen molar-refractivity contribution in [3.8, 4) is 5.75 Å². The Morgan fingerprint density at radius 3 is 2.59 bits per heavy atom. The first kappa shape index (κ1) is 21.1. The number of para-hydroxylation sites is 1. The molecule has 0 spiro atoms. The summed E-state index contributed by atoms with van der Waals surface area (Å²) in [6, 6.07) is 18.3. The minimum Gasteiger partial charge on any atom is -0.491 e. The molecule has 0 fully saturated rings. The van der Waals surface area contributed by atoms with Gasteiger partial charge in [-0.1, -0.05) is 18.2 Å². The number of benzene rings is 2. The summed E-state index contributed by atoms with van der Waals surface area (Å²) in [5.41, 5.74) is 8.13. The quantitative estimate of drug-likeness (QED) is 0.221. The molecule has 2 aromatic carbocycles. The van der Waals surface area contributed by atoms with Gasteiger partial charge in [0.1, 0.15) is 5.75 Å². The van der Waals surface area contributed by atoms with Gasteiger partial charge < -0.3 is 20.4 Å². The summed E-state index contributed by atoms with van der Waals surface area (Å²) in [7, 11) is 0. The SMILES string of the molecule is CC(C)Oc1ccc(NC(N)=NCCCn2ccc3ccccc32)cc1.I. The van der Waals surface area contributed by atoms with Crippen molar-refractivity contribution >= 4 is 46.5 Å². The van der Waals surface area contributed by atoms with Crippen molar-refractivity contribution in [2.75, 3.05) is 11.9 Å². The molecule has 0 saturated heterocycles. The van der Waals surface area contributed by atoms with E-state index in [2.05, 4.69) is 51.4 Å². The van der Waals surface area contributed by atoms with Crippen LogP contribution in [0.1, 0.15) is 20.3 Å². The van der Waals surface area contributed by atoms with E-state index < -0.39 is 0 Å². The fourth-order valence-corrected chi connectivity index (χ4v) is 2.85. The van der Waals surface area contributed by atoms with Gasteiger partial charge in [0.2, 0.25) is 0 Å². The Kier molecular flexibility index (Phi) is 7.97. The van der Waals surface area contributed by atoms with Crippen LogP contribution in [-0.2, 0) is 6.54 Å². The number of aromatic nitrogens is 1. The maximum Gasteiger partial charge on any atom is 0.193 e. The van der Waals surface area contributed by atoms with Crippen LogP contribution in [0.2, 0.25) is 0 Å². The molecule has 0 atom stereocenters. The average Bonchev–Trinajstić information content (AvgIpc) is 3.03. The maximum atomic E-state index is 5.98. The van der Waals surface area contributed by atoms with Gasteiger partial charge in [0, 0.05) is 30.5 Å². The number of aliphatic imine (C=N–C) groups is 1. The summed E-state index contributed by atoms with van der Waals surface area (Å²) in [6.07, 6.45) is 3.22. The van der Waals surface area contributed by atoms with E-state index >= 15 is 0 Å². The number of nitrogens with zero attached hydrogens (tertiary/aromatic N) is 2. The average molecular weight is 478 g/mol. The topological polar surface area (TPSA) is 64.6 Å². The molecule has 144 valence electrons. The van der Waals surface area contributed by atoms with Crippen LogP contribution in [0.5, 0.6) is 5.75 Å². The predicted octanol–water partition coefficient (Wildman–Crippen LogP) is 4.86. The second kappa shape index (κ2) is 10.2. The van der Waals surface area contributed by atoms with Gasteiger partial charge in [-0.05, 0) is 62.1 Å². The monoisotopic (exact) mass is 478 g/mol. The van der Waals surface area contributed by atoms with Crippen molar-refractivity contribution in [1.82, 2.24) is 4.57 Å². The minimum atomic E-state index is 0. The Hall–Kier alpha value is -2.22. The molecule has 0 radical (unpaired) electrons. The second-order valence-electron chi connectivity index (χ2n) is 6.50. The number of halogens is 1. The van der Waals surface area contributed by atoms with E-state index in [0.29, 0.717) is 12.5 Å². The van der Waals surface area contributed by atoms with Crippen molar-refractivity contribution < 1.29 is 4.74 Å². The highest BCUT2D eigenvalue weighted by atomic mass is 127. The van der Waals surface area contributed by atoms with Gasteiger partial charge in [-0.25, -0.2) is 0 Å². The zero-order chi connectivity index (χ0) is 18.4. The third-order valence-corrected chi connectivity index (χ3v) is 4.02. The molecule has 0 amide bonds. The fourth-order valence-electron chi connectivity index (χ4n) is 2.85. The summed E-state index contributed by atoms with van der Waals surface area (Å²) in [4.78, 5) is 4.41. The number of fused-ring (bicyclic) bond motifs is 1. The summed E-state index contributed by atoms with van der Waals surface area (Å²) < 4.78 is 7.88. The highest BCUT2D eigenvalue weighted by Gasteiger charge is 2.01. The smallest absolute Gasteiger partial charge is 0.193 e. The number of nitrogens with one attached hydrogen (secondary N) is 1. The van der Waals surface area contributed by atoms with Gasteiger partial charge in [-0.15, -0.1) is 24.0 Å². The van der Waals surface area contributed by atoms with Crippen LogP contribution >= 0.6 is 24.0 Å². The minimum absolute atomic E-state index is 0. The number of aryl methyl sites for hydroxylation is 1. The van der Waals surface area contributed by atoms with Crippen LogP contribution in [0.25, 0.3) is 10.9 Å². The van der Waals surface area contributed by atoms with E-state index in [1.807, 2.05) is 38.1 Å². The van der Waals surface area contributed by atoms with Gasteiger partial charge in [0.15, 0.2) is 5.96 Å². The van der Waals surface area contributed by atoms with Crippen LogP contribution in [0.15, 0.2) is 65.8 Å². The molecule has 6 heteroatoms. The first-order valence-corrected chi connectivity index (χ1v) is 8.99. The Balaban J connectivity index is 0.00000261. The van der Waals surface area contributed by atoms with Gasteiger partial charge in [-0.2, -0.15) is 0 Å². The number of nitrogens with two attached hydrogens (primary N) is 1. The van der Waals surface area contributed by atoms with E-state index in [9.17, 15) is 0 Å². The maximum absolute atomic E-state index is 5.98. The van der Waals surface area contributed by atoms with Crippen molar-refractivity contribution in [3.05, 3.63) is 60.8 Å². The molecule has 3 aromatic rings. The van der Waals surface area contributed by atoms with E-state index in [1.54, 1.807) is 0 Å². The van der Waals surface area contributed by atoms with Crippen LogP contribution in [0.3, 0.4) is 0 Å². The fraction of sp³-hybridized carbons (Fsp3) is 0.286. The number of rotatable bonds is 7. The molecular weight excluding hydrogens is 451 g/mol. The van der Waals surface area contributed by atoms with Gasteiger partial charge in [0.05, 0.1) is 6.10 Å². The summed E-state index contributed by atoms with van der Waals surface area (Å²) >= 11 is 0. The first-order valence-electron chi connectivity index (χ1n) is 8.99. The molecule has 3 N–H and O–H groups in total. The molecule has 27 heavy (non-hydrogen) atoms. The Morgan fingerprint density at radius 1 is 1.11 bits per heavy atom. The predicted molar refractivity (Wildman–Crippen MR) is 124 cm³/mol. The van der Waals surface area contributed by atoms with Crippen LogP contribution in [-0.4, -0.2) is 23.2 Å². The number of anilines is 1. The van der Waals surface area contributed by atoms with Crippen molar-refractivity contribution in [1.29, 1.82) is 0 Å². The zero-order valence-corrected chi connectivity index (χ0v) is 18.1.